The van der Waals surface area contributed by atoms with Crippen molar-refractivity contribution in [1.29, 1.82) is 0 Å². The van der Waals surface area contributed by atoms with Gasteiger partial charge in [-0.25, -0.2) is 4.98 Å². The summed E-state index contributed by atoms with van der Waals surface area (Å²) < 4.78 is 5.12. The molecule has 5 heteroatoms. The molecule has 1 amide bonds. The average molecular weight is 341 g/mol. The van der Waals surface area contributed by atoms with Crippen molar-refractivity contribution in [2.45, 2.75) is 32.7 Å². The highest BCUT2D eigenvalue weighted by molar-refractivity contribution is 6.07. The summed E-state index contributed by atoms with van der Waals surface area (Å²) in [6, 6.07) is 9.75. The number of para-hydroxylation sites is 1. The lowest BCUT2D eigenvalue weighted by molar-refractivity contribution is 0.0907. The molecule has 0 saturated carbocycles. The van der Waals surface area contributed by atoms with E-state index in [4.69, 9.17) is 9.72 Å². The van der Waals surface area contributed by atoms with Crippen LogP contribution in [0.5, 0.6) is 0 Å². The van der Waals surface area contributed by atoms with E-state index in [9.17, 15) is 4.79 Å². The standard InChI is InChI=1S/C20H27N3O2/c1-14-7-6-10-23(12-14)19-11-17(20(24)21-15(2)13-25-3)16-8-4-5-9-18(16)22-19/h4-5,8-9,11,14-15H,6-7,10,12-13H2,1-3H3,(H,21,24). The molecule has 0 bridgehead atoms. The Kier molecular flexibility index (Phi) is 5.53. The number of anilines is 1. The summed E-state index contributed by atoms with van der Waals surface area (Å²) in [7, 11) is 1.64. The molecule has 2 aromatic rings. The van der Waals surface area contributed by atoms with Gasteiger partial charge in [0, 0.05) is 31.6 Å². The fourth-order valence-corrected chi connectivity index (χ4v) is 3.50. The molecule has 2 heterocycles. The number of rotatable bonds is 5. The van der Waals surface area contributed by atoms with Crippen LogP contribution in [0.4, 0.5) is 5.82 Å². The Morgan fingerprint density at radius 2 is 2.24 bits per heavy atom. The van der Waals surface area contributed by atoms with E-state index in [0.29, 0.717) is 18.1 Å². The van der Waals surface area contributed by atoms with E-state index in [1.165, 1.54) is 12.8 Å². The zero-order valence-corrected chi connectivity index (χ0v) is 15.3. The second-order valence-corrected chi connectivity index (χ2v) is 7.07. The average Bonchev–Trinajstić information content (AvgIpc) is 2.61. The molecule has 1 aliphatic rings. The topological polar surface area (TPSA) is 54.5 Å². The molecule has 1 fully saturated rings. The fourth-order valence-electron chi connectivity index (χ4n) is 3.50. The first-order valence-electron chi connectivity index (χ1n) is 9.03. The number of amides is 1. The lowest BCUT2D eigenvalue weighted by Crippen LogP contribution is -2.37. The minimum absolute atomic E-state index is 0.0390. The maximum Gasteiger partial charge on any atom is 0.252 e. The molecule has 0 radical (unpaired) electrons. The summed E-state index contributed by atoms with van der Waals surface area (Å²) in [6.45, 7) is 6.69. The van der Waals surface area contributed by atoms with Gasteiger partial charge in [0.15, 0.2) is 0 Å². The number of methoxy groups -OCH3 is 1. The molecule has 3 rings (SSSR count). The van der Waals surface area contributed by atoms with Crippen LogP contribution in [0.25, 0.3) is 10.9 Å². The SMILES string of the molecule is COCC(C)NC(=O)c1cc(N2CCCC(C)C2)nc2ccccc12. The molecule has 0 aliphatic carbocycles. The first kappa shape index (κ1) is 17.7. The minimum atomic E-state index is -0.0746. The summed E-state index contributed by atoms with van der Waals surface area (Å²) in [6.07, 6.45) is 2.42. The van der Waals surface area contributed by atoms with Crippen LogP contribution < -0.4 is 10.2 Å². The number of fused-ring (bicyclic) bond motifs is 1. The summed E-state index contributed by atoms with van der Waals surface area (Å²) >= 11 is 0. The van der Waals surface area contributed by atoms with E-state index in [0.717, 1.165) is 29.8 Å². The highest BCUT2D eigenvalue weighted by atomic mass is 16.5. The molecule has 1 aliphatic heterocycles. The highest BCUT2D eigenvalue weighted by Gasteiger charge is 2.21. The van der Waals surface area contributed by atoms with E-state index in [1.54, 1.807) is 7.11 Å². The number of nitrogens with one attached hydrogen (secondary N) is 1. The van der Waals surface area contributed by atoms with Gasteiger partial charge in [0.2, 0.25) is 0 Å². The van der Waals surface area contributed by atoms with E-state index in [1.807, 2.05) is 37.3 Å². The third kappa shape index (κ3) is 4.10. The Bertz CT molecular complexity index is 747. The van der Waals surface area contributed by atoms with Crippen LogP contribution in [0.1, 0.15) is 37.0 Å². The second kappa shape index (κ2) is 7.83. The van der Waals surface area contributed by atoms with Crippen LogP contribution in [0.15, 0.2) is 30.3 Å². The predicted molar refractivity (Wildman–Crippen MR) is 101 cm³/mol. The van der Waals surface area contributed by atoms with Crippen LogP contribution in [0, 0.1) is 5.92 Å². The molecule has 1 N–H and O–H groups in total. The molecule has 1 aromatic carbocycles. The smallest absolute Gasteiger partial charge is 0.252 e. The van der Waals surface area contributed by atoms with Gasteiger partial charge in [-0.1, -0.05) is 25.1 Å². The zero-order valence-electron chi connectivity index (χ0n) is 15.3. The number of carbonyl (C=O) groups excluding carboxylic acids is 1. The van der Waals surface area contributed by atoms with E-state index in [2.05, 4.69) is 17.1 Å². The molecule has 0 spiro atoms. The lowest BCUT2D eigenvalue weighted by atomic mass is 10.00. The normalized spacial score (nSPS) is 19.0. The van der Waals surface area contributed by atoms with Gasteiger partial charge in [0.1, 0.15) is 5.82 Å². The van der Waals surface area contributed by atoms with Gasteiger partial charge in [-0.3, -0.25) is 4.79 Å². The van der Waals surface area contributed by atoms with Gasteiger partial charge < -0.3 is 15.0 Å². The minimum Gasteiger partial charge on any atom is -0.383 e. The van der Waals surface area contributed by atoms with E-state index in [-0.39, 0.29) is 11.9 Å². The zero-order chi connectivity index (χ0) is 17.8. The largest absolute Gasteiger partial charge is 0.383 e. The van der Waals surface area contributed by atoms with Crippen molar-refractivity contribution < 1.29 is 9.53 Å². The second-order valence-electron chi connectivity index (χ2n) is 7.07. The van der Waals surface area contributed by atoms with Gasteiger partial charge in [0.25, 0.3) is 5.91 Å². The fraction of sp³-hybridized carbons (Fsp3) is 0.500. The summed E-state index contributed by atoms with van der Waals surface area (Å²) in [5, 5.41) is 3.91. The molecular weight excluding hydrogens is 314 g/mol. The number of ether oxygens (including phenoxy) is 1. The number of nitrogens with zero attached hydrogens (tertiary/aromatic N) is 2. The molecule has 134 valence electrons. The monoisotopic (exact) mass is 341 g/mol. The number of carbonyl (C=O) groups is 1. The number of hydrogen-bond acceptors (Lipinski definition) is 4. The Balaban J connectivity index is 1.96. The molecule has 2 atom stereocenters. The van der Waals surface area contributed by atoms with Gasteiger partial charge in [-0.2, -0.15) is 0 Å². The van der Waals surface area contributed by atoms with Crippen molar-refractivity contribution in [1.82, 2.24) is 10.3 Å². The number of piperidine rings is 1. The molecular formula is C20H27N3O2. The van der Waals surface area contributed by atoms with Gasteiger partial charge in [0.05, 0.1) is 17.7 Å². The van der Waals surface area contributed by atoms with Crippen LogP contribution in [0.3, 0.4) is 0 Å². The highest BCUT2D eigenvalue weighted by Crippen LogP contribution is 2.26. The summed E-state index contributed by atoms with van der Waals surface area (Å²) in [5.74, 6) is 1.48. The molecule has 1 aromatic heterocycles. The first-order valence-corrected chi connectivity index (χ1v) is 9.03. The predicted octanol–water partition coefficient (Wildman–Crippen LogP) is 3.24. The molecule has 2 unspecified atom stereocenters. The van der Waals surface area contributed by atoms with Crippen molar-refractivity contribution in [2.75, 3.05) is 31.7 Å². The van der Waals surface area contributed by atoms with Gasteiger partial charge in [-0.15, -0.1) is 0 Å². The first-order chi connectivity index (χ1) is 12.1. The Labute approximate surface area is 149 Å². The van der Waals surface area contributed by atoms with Crippen LogP contribution in [-0.4, -0.2) is 43.7 Å². The number of hydrogen-bond donors (Lipinski definition) is 1. The Hall–Kier alpha value is -2.14. The number of pyridine rings is 1. The van der Waals surface area contributed by atoms with Crippen molar-refractivity contribution in [3.63, 3.8) is 0 Å². The molecule has 5 nitrogen and oxygen atoms in total. The third-order valence-electron chi connectivity index (χ3n) is 4.72. The van der Waals surface area contributed by atoms with Gasteiger partial charge >= 0.3 is 0 Å². The summed E-state index contributed by atoms with van der Waals surface area (Å²) in [4.78, 5) is 19.9. The molecule has 1 saturated heterocycles. The van der Waals surface area contributed by atoms with Gasteiger partial charge in [-0.05, 0) is 37.8 Å². The Morgan fingerprint density at radius 1 is 1.44 bits per heavy atom. The lowest BCUT2D eigenvalue weighted by Gasteiger charge is -2.32. The maximum absolute atomic E-state index is 12.8. The van der Waals surface area contributed by atoms with Crippen LogP contribution in [0.2, 0.25) is 0 Å². The Morgan fingerprint density at radius 3 is 3.00 bits per heavy atom. The molecule has 25 heavy (non-hydrogen) atoms. The van der Waals surface area contributed by atoms with Crippen molar-refractivity contribution >= 4 is 22.6 Å². The number of benzene rings is 1. The van der Waals surface area contributed by atoms with Crippen molar-refractivity contribution in [3.05, 3.63) is 35.9 Å². The van der Waals surface area contributed by atoms with E-state index < -0.39 is 0 Å². The van der Waals surface area contributed by atoms with Crippen molar-refractivity contribution in [3.8, 4) is 0 Å². The summed E-state index contributed by atoms with van der Waals surface area (Å²) in [5.41, 5.74) is 1.55. The third-order valence-corrected chi connectivity index (χ3v) is 4.72. The van der Waals surface area contributed by atoms with E-state index >= 15 is 0 Å². The van der Waals surface area contributed by atoms with Crippen LogP contribution in [-0.2, 0) is 4.74 Å². The van der Waals surface area contributed by atoms with Crippen LogP contribution >= 0.6 is 0 Å². The number of aromatic nitrogens is 1. The maximum atomic E-state index is 12.8. The van der Waals surface area contributed by atoms with Crippen molar-refractivity contribution in [2.24, 2.45) is 5.92 Å². The quantitative estimate of drug-likeness (QED) is 0.907.